The van der Waals surface area contributed by atoms with E-state index < -0.39 is 0 Å². The Morgan fingerprint density at radius 1 is 1.35 bits per heavy atom. The standard InChI is InChI=1S/C17H24N2O/c1-17(2)9-8-15(20-17)12-19-14(11-18-3)10-13-6-4-5-7-16(13)19/h4-7,10,15,18H,8-9,11-12H2,1-3H3. The van der Waals surface area contributed by atoms with Crippen LogP contribution in [0.1, 0.15) is 32.4 Å². The first-order valence-corrected chi connectivity index (χ1v) is 7.49. The molecule has 0 aliphatic carbocycles. The van der Waals surface area contributed by atoms with E-state index in [-0.39, 0.29) is 5.60 Å². The van der Waals surface area contributed by atoms with E-state index in [9.17, 15) is 0 Å². The zero-order valence-corrected chi connectivity index (χ0v) is 12.6. The molecule has 2 aromatic rings. The van der Waals surface area contributed by atoms with Crippen molar-refractivity contribution in [3.8, 4) is 0 Å². The van der Waals surface area contributed by atoms with Crippen molar-refractivity contribution in [2.75, 3.05) is 7.05 Å². The predicted octanol–water partition coefficient (Wildman–Crippen LogP) is 3.32. The van der Waals surface area contributed by atoms with Crippen molar-refractivity contribution in [1.29, 1.82) is 0 Å². The molecule has 0 saturated carbocycles. The second kappa shape index (κ2) is 5.23. The molecule has 1 fully saturated rings. The molecule has 1 aliphatic rings. The number of hydrogen-bond acceptors (Lipinski definition) is 2. The Morgan fingerprint density at radius 3 is 2.85 bits per heavy atom. The Kier molecular flexibility index (Phi) is 3.57. The van der Waals surface area contributed by atoms with Gasteiger partial charge in [-0.05, 0) is 51.3 Å². The maximum atomic E-state index is 6.16. The van der Waals surface area contributed by atoms with Crippen molar-refractivity contribution in [3.63, 3.8) is 0 Å². The van der Waals surface area contributed by atoms with Gasteiger partial charge in [-0.25, -0.2) is 0 Å². The lowest BCUT2D eigenvalue weighted by molar-refractivity contribution is -0.0214. The average Bonchev–Trinajstić information content (AvgIpc) is 2.92. The second-order valence-electron chi connectivity index (χ2n) is 6.37. The maximum Gasteiger partial charge on any atom is 0.0762 e. The molecule has 0 amide bonds. The summed E-state index contributed by atoms with van der Waals surface area (Å²) in [5.74, 6) is 0. The van der Waals surface area contributed by atoms with Crippen molar-refractivity contribution in [3.05, 3.63) is 36.0 Å². The van der Waals surface area contributed by atoms with Crippen LogP contribution >= 0.6 is 0 Å². The van der Waals surface area contributed by atoms with Gasteiger partial charge in [-0.15, -0.1) is 0 Å². The molecule has 3 nitrogen and oxygen atoms in total. The van der Waals surface area contributed by atoms with Crippen LogP contribution in [0.15, 0.2) is 30.3 Å². The van der Waals surface area contributed by atoms with Crippen molar-refractivity contribution in [2.24, 2.45) is 0 Å². The highest BCUT2D eigenvalue weighted by molar-refractivity contribution is 5.81. The van der Waals surface area contributed by atoms with Gasteiger partial charge in [0.1, 0.15) is 0 Å². The van der Waals surface area contributed by atoms with Crippen LogP contribution < -0.4 is 5.32 Å². The third-order valence-corrected chi connectivity index (χ3v) is 4.19. The van der Waals surface area contributed by atoms with Gasteiger partial charge >= 0.3 is 0 Å². The fourth-order valence-electron chi connectivity index (χ4n) is 3.22. The van der Waals surface area contributed by atoms with Crippen molar-refractivity contribution in [1.82, 2.24) is 9.88 Å². The van der Waals surface area contributed by atoms with E-state index in [0.717, 1.165) is 25.9 Å². The van der Waals surface area contributed by atoms with Crippen molar-refractivity contribution < 1.29 is 4.74 Å². The number of nitrogens with one attached hydrogen (secondary N) is 1. The second-order valence-corrected chi connectivity index (χ2v) is 6.37. The molecule has 0 radical (unpaired) electrons. The number of fused-ring (bicyclic) bond motifs is 1. The molecule has 20 heavy (non-hydrogen) atoms. The van der Waals surface area contributed by atoms with Crippen LogP contribution in [0, 0.1) is 0 Å². The third-order valence-electron chi connectivity index (χ3n) is 4.19. The lowest BCUT2D eigenvalue weighted by atomic mass is 10.1. The van der Waals surface area contributed by atoms with E-state index in [1.54, 1.807) is 0 Å². The smallest absolute Gasteiger partial charge is 0.0762 e. The van der Waals surface area contributed by atoms with Crippen LogP contribution in [0.3, 0.4) is 0 Å². The Hall–Kier alpha value is -1.32. The van der Waals surface area contributed by atoms with Gasteiger partial charge in [-0.3, -0.25) is 0 Å². The molecule has 3 heteroatoms. The SMILES string of the molecule is CNCc1cc2ccccc2n1CC1CCC(C)(C)O1. The van der Waals surface area contributed by atoms with Crippen LogP contribution in [0.4, 0.5) is 0 Å². The molecule has 1 unspecified atom stereocenters. The summed E-state index contributed by atoms with van der Waals surface area (Å²) >= 11 is 0. The lowest BCUT2D eigenvalue weighted by Crippen LogP contribution is -2.24. The monoisotopic (exact) mass is 272 g/mol. The normalized spacial score (nSPS) is 21.6. The molecule has 3 rings (SSSR count). The van der Waals surface area contributed by atoms with E-state index >= 15 is 0 Å². The molecule has 1 atom stereocenters. The molecule has 1 aromatic heterocycles. The molecule has 108 valence electrons. The number of benzene rings is 1. The molecule has 1 aliphatic heterocycles. The third kappa shape index (κ3) is 2.60. The Morgan fingerprint density at radius 2 is 2.15 bits per heavy atom. The zero-order valence-electron chi connectivity index (χ0n) is 12.6. The quantitative estimate of drug-likeness (QED) is 0.924. The van der Waals surface area contributed by atoms with Gasteiger partial charge in [0, 0.05) is 24.3 Å². The summed E-state index contributed by atoms with van der Waals surface area (Å²) in [7, 11) is 2.00. The number of rotatable bonds is 4. The highest BCUT2D eigenvalue weighted by atomic mass is 16.5. The van der Waals surface area contributed by atoms with Gasteiger partial charge in [-0.2, -0.15) is 0 Å². The van der Waals surface area contributed by atoms with Gasteiger partial charge in [0.15, 0.2) is 0 Å². The Balaban J connectivity index is 1.91. The first kappa shape index (κ1) is 13.7. The summed E-state index contributed by atoms with van der Waals surface area (Å²) in [5.41, 5.74) is 2.68. The molecule has 1 aromatic carbocycles. The van der Waals surface area contributed by atoms with Gasteiger partial charge in [-0.1, -0.05) is 18.2 Å². The van der Waals surface area contributed by atoms with E-state index in [0.29, 0.717) is 6.10 Å². The van der Waals surface area contributed by atoms with Crippen LogP contribution in [0.5, 0.6) is 0 Å². The fourth-order valence-corrected chi connectivity index (χ4v) is 3.22. The van der Waals surface area contributed by atoms with Crippen molar-refractivity contribution in [2.45, 2.75) is 51.5 Å². The van der Waals surface area contributed by atoms with Gasteiger partial charge < -0.3 is 14.6 Å². The van der Waals surface area contributed by atoms with Crippen LogP contribution in [-0.4, -0.2) is 23.3 Å². The minimum absolute atomic E-state index is 0.0385. The highest BCUT2D eigenvalue weighted by Crippen LogP contribution is 2.31. The summed E-state index contributed by atoms with van der Waals surface area (Å²) in [6.45, 7) is 6.23. The first-order chi connectivity index (χ1) is 9.59. The summed E-state index contributed by atoms with van der Waals surface area (Å²) in [5, 5.41) is 4.58. The molecule has 1 N–H and O–H groups in total. The number of ether oxygens (including phenoxy) is 1. The van der Waals surface area contributed by atoms with E-state index in [2.05, 4.69) is 54.1 Å². The molecular formula is C17H24N2O. The molecule has 2 heterocycles. The van der Waals surface area contributed by atoms with Crippen LogP contribution in [0.25, 0.3) is 10.9 Å². The average molecular weight is 272 g/mol. The van der Waals surface area contributed by atoms with Gasteiger partial charge in [0.2, 0.25) is 0 Å². The van der Waals surface area contributed by atoms with Crippen LogP contribution in [-0.2, 0) is 17.8 Å². The maximum absolute atomic E-state index is 6.16. The number of para-hydroxylation sites is 1. The predicted molar refractivity (Wildman–Crippen MR) is 82.9 cm³/mol. The van der Waals surface area contributed by atoms with Crippen LogP contribution in [0.2, 0.25) is 0 Å². The minimum Gasteiger partial charge on any atom is -0.370 e. The fraction of sp³-hybridized carbons (Fsp3) is 0.529. The Labute approximate surface area is 120 Å². The number of nitrogens with zero attached hydrogens (tertiary/aromatic N) is 1. The summed E-state index contributed by atoms with van der Waals surface area (Å²) in [4.78, 5) is 0. The number of hydrogen-bond donors (Lipinski definition) is 1. The summed E-state index contributed by atoms with van der Waals surface area (Å²) < 4.78 is 8.58. The summed E-state index contributed by atoms with van der Waals surface area (Å²) in [6, 6.07) is 10.9. The van der Waals surface area contributed by atoms with Crippen molar-refractivity contribution >= 4 is 10.9 Å². The van der Waals surface area contributed by atoms with Gasteiger partial charge in [0.25, 0.3) is 0 Å². The number of aromatic nitrogens is 1. The Bertz CT molecular complexity index is 600. The first-order valence-electron chi connectivity index (χ1n) is 7.49. The largest absolute Gasteiger partial charge is 0.370 e. The zero-order chi connectivity index (χ0) is 14.2. The van der Waals surface area contributed by atoms with E-state index in [1.165, 1.54) is 16.6 Å². The van der Waals surface area contributed by atoms with E-state index in [4.69, 9.17) is 4.74 Å². The molecule has 0 spiro atoms. The highest BCUT2D eigenvalue weighted by Gasteiger charge is 2.32. The molecular weight excluding hydrogens is 248 g/mol. The minimum atomic E-state index is 0.0385. The topological polar surface area (TPSA) is 26.2 Å². The van der Waals surface area contributed by atoms with Gasteiger partial charge in [0.05, 0.1) is 11.7 Å². The summed E-state index contributed by atoms with van der Waals surface area (Å²) in [6.07, 6.45) is 2.63. The molecule has 0 bridgehead atoms. The van der Waals surface area contributed by atoms with E-state index in [1.807, 2.05) is 7.05 Å². The lowest BCUT2D eigenvalue weighted by Gasteiger charge is -2.21. The molecule has 1 saturated heterocycles.